The van der Waals surface area contributed by atoms with Crippen LogP contribution in [0.15, 0.2) is 0 Å². The van der Waals surface area contributed by atoms with Crippen LogP contribution in [0.3, 0.4) is 0 Å². The minimum absolute atomic E-state index is 0.0145. The van der Waals surface area contributed by atoms with E-state index < -0.39 is 0 Å². The van der Waals surface area contributed by atoms with Gasteiger partial charge in [0.15, 0.2) is 0 Å². The molecule has 2 nitrogen and oxygen atoms in total. The maximum atomic E-state index is 11.1. The average molecular weight is 159 g/mol. The molecule has 0 aromatic carbocycles. The van der Waals surface area contributed by atoms with Gasteiger partial charge >= 0.3 is 0 Å². The van der Waals surface area contributed by atoms with Crippen molar-refractivity contribution >= 4 is 17.0 Å². The van der Waals surface area contributed by atoms with Gasteiger partial charge in [-0.05, 0) is 20.8 Å². The van der Waals surface area contributed by atoms with Crippen LogP contribution in [0.25, 0.3) is 0 Å². The average Bonchev–Trinajstić information content (AvgIpc) is 2.11. The summed E-state index contributed by atoms with van der Waals surface area (Å²) in [6.45, 7) is 7.11. The van der Waals surface area contributed by atoms with Gasteiger partial charge < -0.3 is 4.90 Å². The van der Waals surface area contributed by atoms with Crippen LogP contribution in [0.5, 0.6) is 0 Å². The lowest BCUT2D eigenvalue weighted by Gasteiger charge is -2.30. The van der Waals surface area contributed by atoms with Gasteiger partial charge in [0.1, 0.15) is 0 Å². The van der Waals surface area contributed by atoms with E-state index in [1.54, 1.807) is 0 Å². The molecule has 0 radical (unpaired) electrons. The Kier molecular flexibility index (Phi) is 1.95. The summed E-state index contributed by atoms with van der Waals surface area (Å²) in [5, 5.41) is 0.229. The summed E-state index contributed by atoms with van der Waals surface area (Å²) < 4.78 is 0. The molecule has 10 heavy (non-hydrogen) atoms. The van der Waals surface area contributed by atoms with E-state index in [-0.39, 0.29) is 10.8 Å². The normalized spacial score (nSPS) is 20.3. The highest BCUT2D eigenvalue weighted by Gasteiger charge is 2.30. The summed E-state index contributed by atoms with van der Waals surface area (Å²) in [6.07, 6.45) is 0. The van der Waals surface area contributed by atoms with Crippen LogP contribution in [0.2, 0.25) is 0 Å². The number of amides is 1. The van der Waals surface area contributed by atoms with E-state index in [0.717, 1.165) is 12.3 Å². The molecule has 0 atom stereocenters. The molecule has 1 aliphatic rings. The number of rotatable bonds is 0. The van der Waals surface area contributed by atoms with Crippen molar-refractivity contribution in [3.63, 3.8) is 0 Å². The van der Waals surface area contributed by atoms with Gasteiger partial charge in [0.2, 0.25) is 0 Å². The number of nitrogens with zero attached hydrogens (tertiary/aromatic N) is 1. The lowest BCUT2D eigenvalue weighted by atomic mass is 10.1. The number of hydrogen-bond donors (Lipinski definition) is 0. The van der Waals surface area contributed by atoms with Crippen molar-refractivity contribution < 1.29 is 4.79 Å². The molecule has 1 fully saturated rings. The fourth-order valence-electron chi connectivity index (χ4n) is 1.00. The Labute approximate surface area is 66.0 Å². The molecule has 1 saturated heterocycles. The van der Waals surface area contributed by atoms with Crippen LogP contribution >= 0.6 is 11.8 Å². The van der Waals surface area contributed by atoms with Crippen LogP contribution in [0.1, 0.15) is 20.8 Å². The molecule has 0 aromatic heterocycles. The first-order chi connectivity index (χ1) is 4.52. The topological polar surface area (TPSA) is 20.3 Å². The number of carbonyl (C=O) groups is 1. The van der Waals surface area contributed by atoms with Gasteiger partial charge in [-0.25, -0.2) is 0 Å². The monoisotopic (exact) mass is 159 g/mol. The van der Waals surface area contributed by atoms with Gasteiger partial charge in [0.05, 0.1) is 0 Å². The highest BCUT2D eigenvalue weighted by molar-refractivity contribution is 8.13. The maximum Gasteiger partial charge on any atom is 0.282 e. The molecule has 3 heteroatoms. The van der Waals surface area contributed by atoms with Gasteiger partial charge in [-0.2, -0.15) is 0 Å². The van der Waals surface area contributed by atoms with E-state index in [1.807, 2.05) is 4.90 Å². The molecule has 0 N–H and O–H groups in total. The van der Waals surface area contributed by atoms with Crippen LogP contribution in [-0.4, -0.2) is 28.0 Å². The van der Waals surface area contributed by atoms with Crippen molar-refractivity contribution in [3.8, 4) is 0 Å². The maximum absolute atomic E-state index is 11.1. The van der Waals surface area contributed by atoms with Gasteiger partial charge in [-0.3, -0.25) is 4.79 Å². The zero-order chi connectivity index (χ0) is 7.78. The van der Waals surface area contributed by atoms with E-state index in [2.05, 4.69) is 20.8 Å². The standard InChI is InChI=1S/C7H13NOS/c1-7(2,3)8-4-5-10-6(8)9/h4-5H2,1-3H3. The molecule has 1 amide bonds. The first kappa shape index (κ1) is 7.92. The van der Waals surface area contributed by atoms with Crippen molar-refractivity contribution in [1.82, 2.24) is 4.90 Å². The van der Waals surface area contributed by atoms with E-state index in [4.69, 9.17) is 0 Å². The first-order valence-corrected chi connectivity index (χ1v) is 4.45. The second kappa shape index (κ2) is 2.46. The predicted octanol–water partition coefficient (Wildman–Crippen LogP) is 1.95. The van der Waals surface area contributed by atoms with Crippen LogP contribution in [-0.2, 0) is 0 Å². The third-order valence-electron chi connectivity index (χ3n) is 1.57. The lowest BCUT2D eigenvalue weighted by Crippen LogP contribution is -2.41. The zero-order valence-corrected chi connectivity index (χ0v) is 7.49. The molecule has 0 bridgehead atoms. The van der Waals surface area contributed by atoms with Gasteiger partial charge in [0.25, 0.3) is 5.24 Å². The molecule has 0 aliphatic carbocycles. The largest absolute Gasteiger partial charge is 0.328 e. The van der Waals surface area contributed by atoms with Crippen molar-refractivity contribution in [2.24, 2.45) is 0 Å². The lowest BCUT2D eigenvalue weighted by molar-refractivity contribution is 0.179. The Morgan fingerprint density at radius 1 is 1.50 bits per heavy atom. The minimum atomic E-state index is 0.0145. The molecule has 1 heterocycles. The van der Waals surface area contributed by atoms with Crippen molar-refractivity contribution in [2.75, 3.05) is 12.3 Å². The van der Waals surface area contributed by atoms with Crippen LogP contribution in [0.4, 0.5) is 4.79 Å². The molecule has 0 saturated carbocycles. The summed E-state index contributed by atoms with van der Waals surface area (Å²) in [6, 6.07) is 0. The highest BCUT2D eigenvalue weighted by atomic mass is 32.2. The second-order valence-corrected chi connectivity index (χ2v) is 4.48. The van der Waals surface area contributed by atoms with Crippen molar-refractivity contribution in [2.45, 2.75) is 26.3 Å². The fourth-order valence-corrected chi connectivity index (χ4v) is 1.97. The zero-order valence-electron chi connectivity index (χ0n) is 6.68. The minimum Gasteiger partial charge on any atom is -0.328 e. The summed E-state index contributed by atoms with van der Waals surface area (Å²) in [4.78, 5) is 13.0. The van der Waals surface area contributed by atoms with E-state index in [1.165, 1.54) is 11.8 Å². The van der Waals surface area contributed by atoms with Crippen molar-refractivity contribution in [3.05, 3.63) is 0 Å². The highest BCUT2D eigenvalue weighted by Crippen LogP contribution is 2.25. The Morgan fingerprint density at radius 2 is 2.10 bits per heavy atom. The molecular formula is C7H13NOS. The number of thioether (sulfide) groups is 1. The quantitative estimate of drug-likeness (QED) is 0.538. The predicted molar refractivity (Wildman–Crippen MR) is 44.3 cm³/mol. The smallest absolute Gasteiger partial charge is 0.282 e. The molecule has 1 rings (SSSR count). The number of hydrogen-bond acceptors (Lipinski definition) is 2. The van der Waals surface area contributed by atoms with Crippen LogP contribution < -0.4 is 0 Å². The summed E-state index contributed by atoms with van der Waals surface area (Å²) in [5.41, 5.74) is 0.0145. The first-order valence-electron chi connectivity index (χ1n) is 3.46. The summed E-state index contributed by atoms with van der Waals surface area (Å²) in [5.74, 6) is 0.954. The molecular weight excluding hydrogens is 146 g/mol. The SMILES string of the molecule is CC(C)(C)N1CCSC1=O. The molecule has 0 aromatic rings. The van der Waals surface area contributed by atoms with Crippen LogP contribution in [0, 0.1) is 0 Å². The Bertz CT molecular complexity index is 150. The van der Waals surface area contributed by atoms with Gasteiger partial charge in [-0.15, -0.1) is 0 Å². The van der Waals surface area contributed by atoms with Crippen molar-refractivity contribution in [1.29, 1.82) is 0 Å². The Hall–Kier alpha value is -0.180. The second-order valence-electron chi connectivity index (χ2n) is 3.44. The third kappa shape index (κ3) is 1.45. The number of carbonyl (C=O) groups excluding carboxylic acids is 1. The van der Waals surface area contributed by atoms with E-state index in [9.17, 15) is 4.79 Å². The summed E-state index contributed by atoms with van der Waals surface area (Å²) >= 11 is 1.42. The van der Waals surface area contributed by atoms with Gasteiger partial charge in [-0.1, -0.05) is 11.8 Å². The third-order valence-corrected chi connectivity index (χ3v) is 2.42. The van der Waals surface area contributed by atoms with Gasteiger partial charge in [0, 0.05) is 17.8 Å². The fraction of sp³-hybridized carbons (Fsp3) is 0.857. The van der Waals surface area contributed by atoms with E-state index in [0.29, 0.717) is 0 Å². The Morgan fingerprint density at radius 3 is 2.30 bits per heavy atom. The van der Waals surface area contributed by atoms with E-state index >= 15 is 0 Å². The molecule has 0 unspecified atom stereocenters. The molecule has 0 spiro atoms. The molecule has 58 valence electrons. The Balaban J connectivity index is 2.64. The molecule has 1 aliphatic heterocycles. The summed E-state index contributed by atoms with van der Waals surface area (Å²) in [7, 11) is 0.